The summed E-state index contributed by atoms with van der Waals surface area (Å²) in [5.74, 6) is -1.37. The second-order valence-corrected chi connectivity index (χ2v) is 6.67. The van der Waals surface area contributed by atoms with Crippen LogP contribution in [-0.4, -0.2) is 47.8 Å². The average Bonchev–Trinajstić information content (AvgIpc) is 2.63. The van der Waals surface area contributed by atoms with Crippen LogP contribution in [0.5, 0.6) is 0 Å². The number of morpholine rings is 1. The molecule has 136 valence electrons. The fraction of sp³-hybridized carbons (Fsp3) is 0.556. The van der Waals surface area contributed by atoms with Gasteiger partial charge in [-0.2, -0.15) is 0 Å². The Morgan fingerprint density at radius 2 is 1.84 bits per heavy atom. The van der Waals surface area contributed by atoms with Gasteiger partial charge in [0.05, 0.1) is 25.2 Å². The highest BCUT2D eigenvalue weighted by atomic mass is 19.1. The standard InChI is InChI=1S/C18H23FN2O4/c19-14-5-1-12(2-6-14)16-11-25-10-9-21(16)18(24)20-15-7-3-13(4-8-15)17(22)23/h1-2,5-6,13,15-16H,3-4,7-11H2,(H,20,24)(H,22,23). The number of carbonyl (C=O) groups excluding carboxylic acids is 1. The number of amides is 2. The SMILES string of the molecule is O=C(O)C1CCC(NC(=O)N2CCOCC2c2ccc(F)cc2)CC1. The van der Waals surface area contributed by atoms with E-state index in [1.54, 1.807) is 17.0 Å². The van der Waals surface area contributed by atoms with Crippen molar-refractivity contribution in [3.63, 3.8) is 0 Å². The second kappa shape index (κ2) is 7.82. The zero-order chi connectivity index (χ0) is 17.8. The summed E-state index contributed by atoms with van der Waals surface area (Å²) < 4.78 is 18.6. The lowest BCUT2D eigenvalue weighted by molar-refractivity contribution is -0.142. The molecular formula is C18H23FN2O4. The van der Waals surface area contributed by atoms with E-state index in [1.165, 1.54) is 12.1 Å². The zero-order valence-corrected chi connectivity index (χ0v) is 14.0. The molecule has 1 aromatic rings. The number of urea groups is 1. The third-order valence-corrected chi connectivity index (χ3v) is 5.05. The van der Waals surface area contributed by atoms with Crippen molar-refractivity contribution < 1.29 is 23.8 Å². The smallest absolute Gasteiger partial charge is 0.318 e. The van der Waals surface area contributed by atoms with Gasteiger partial charge in [0.1, 0.15) is 5.82 Å². The third-order valence-electron chi connectivity index (χ3n) is 5.05. The third kappa shape index (κ3) is 4.28. The van der Waals surface area contributed by atoms with Gasteiger partial charge in [-0.25, -0.2) is 9.18 Å². The van der Waals surface area contributed by atoms with Crippen molar-refractivity contribution in [2.24, 2.45) is 5.92 Å². The molecule has 0 radical (unpaired) electrons. The molecule has 1 aromatic carbocycles. The minimum absolute atomic E-state index is 0.000173. The number of aliphatic carboxylic acids is 1. The Balaban J connectivity index is 1.61. The number of halogens is 1. The van der Waals surface area contributed by atoms with Crippen LogP contribution < -0.4 is 5.32 Å². The normalized spacial score (nSPS) is 26.9. The monoisotopic (exact) mass is 350 g/mol. The van der Waals surface area contributed by atoms with E-state index in [0.29, 0.717) is 45.4 Å². The molecule has 2 N–H and O–H groups in total. The number of nitrogens with one attached hydrogen (secondary N) is 1. The topological polar surface area (TPSA) is 78.9 Å². The number of hydrogen-bond donors (Lipinski definition) is 2. The van der Waals surface area contributed by atoms with Crippen molar-refractivity contribution >= 4 is 12.0 Å². The molecule has 1 saturated heterocycles. The van der Waals surface area contributed by atoms with E-state index in [1.807, 2.05) is 0 Å². The van der Waals surface area contributed by atoms with Crippen molar-refractivity contribution in [3.8, 4) is 0 Å². The lowest BCUT2D eigenvalue weighted by Gasteiger charge is -2.37. The number of carboxylic acids is 1. The zero-order valence-electron chi connectivity index (χ0n) is 14.0. The van der Waals surface area contributed by atoms with E-state index in [9.17, 15) is 14.0 Å². The highest BCUT2D eigenvalue weighted by Gasteiger charge is 2.32. The van der Waals surface area contributed by atoms with Crippen molar-refractivity contribution in [2.45, 2.75) is 37.8 Å². The molecule has 2 fully saturated rings. The Bertz CT molecular complexity index is 614. The van der Waals surface area contributed by atoms with Crippen molar-refractivity contribution in [2.75, 3.05) is 19.8 Å². The first-order chi connectivity index (χ1) is 12.0. The summed E-state index contributed by atoms with van der Waals surface area (Å²) in [6, 6.07) is 5.70. The van der Waals surface area contributed by atoms with E-state index in [0.717, 1.165) is 5.56 Å². The van der Waals surface area contributed by atoms with Crippen molar-refractivity contribution in [3.05, 3.63) is 35.6 Å². The van der Waals surface area contributed by atoms with Gasteiger partial charge in [0, 0.05) is 12.6 Å². The van der Waals surface area contributed by atoms with Crippen LogP contribution in [-0.2, 0) is 9.53 Å². The maximum absolute atomic E-state index is 13.1. The Morgan fingerprint density at radius 3 is 2.48 bits per heavy atom. The van der Waals surface area contributed by atoms with Gasteiger partial charge in [-0.15, -0.1) is 0 Å². The predicted molar refractivity (Wildman–Crippen MR) is 88.6 cm³/mol. The average molecular weight is 350 g/mol. The van der Waals surface area contributed by atoms with Crippen molar-refractivity contribution in [1.29, 1.82) is 0 Å². The van der Waals surface area contributed by atoms with Gasteiger partial charge in [-0.1, -0.05) is 12.1 Å². The van der Waals surface area contributed by atoms with Crippen LogP contribution in [0.4, 0.5) is 9.18 Å². The Labute approximate surface area is 146 Å². The lowest BCUT2D eigenvalue weighted by atomic mass is 9.86. The summed E-state index contributed by atoms with van der Waals surface area (Å²) in [6.07, 6.45) is 2.53. The summed E-state index contributed by atoms with van der Waals surface area (Å²) in [5.41, 5.74) is 0.839. The number of hydrogen-bond acceptors (Lipinski definition) is 3. The molecule has 0 bridgehead atoms. The summed E-state index contributed by atoms with van der Waals surface area (Å²) in [7, 11) is 0. The number of carbonyl (C=O) groups is 2. The molecule has 25 heavy (non-hydrogen) atoms. The molecule has 1 heterocycles. The van der Waals surface area contributed by atoms with E-state index in [4.69, 9.17) is 9.84 Å². The minimum atomic E-state index is -0.755. The largest absolute Gasteiger partial charge is 0.481 e. The molecule has 7 heteroatoms. The maximum atomic E-state index is 13.1. The quantitative estimate of drug-likeness (QED) is 0.878. The first-order valence-electron chi connectivity index (χ1n) is 8.67. The van der Waals surface area contributed by atoms with E-state index in [-0.39, 0.29) is 29.8 Å². The highest BCUT2D eigenvalue weighted by molar-refractivity contribution is 5.75. The van der Waals surface area contributed by atoms with E-state index in [2.05, 4.69) is 5.32 Å². The van der Waals surface area contributed by atoms with Crippen LogP contribution in [0.15, 0.2) is 24.3 Å². The summed E-state index contributed by atoms with van der Waals surface area (Å²) in [4.78, 5) is 25.4. The summed E-state index contributed by atoms with van der Waals surface area (Å²) in [5, 5.41) is 12.1. The molecule has 1 aliphatic carbocycles. The molecular weight excluding hydrogens is 327 g/mol. The van der Waals surface area contributed by atoms with Crippen LogP contribution in [0.2, 0.25) is 0 Å². The highest BCUT2D eigenvalue weighted by Crippen LogP contribution is 2.27. The molecule has 1 saturated carbocycles. The molecule has 3 rings (SSSR count). The van der Waals surface area contributed by atoms with Gasteiger partial charge in [0.15, 0.2) is 0 Å². The molecule has 1 atom stereocenters. The number of rotatable bonds is 3. The second-order valence-electron chi connectivity index (χ2n) is 6.67. The predicted octanol–water partition coefficient (Wildman–Crippen LogP) is 2.55. The molecule has 2 aliphatic rings. The molecule has 0 aromatic heterocycles. The molecule has 1 aliphatic heterocycles. The van der Waals surface area contributed by atoms with Crippen molar-refractivity contribution in [1.82, 2.24) is 10.2 Å². The summed E-state index contributed by atoms with van der Waals surface area (Å²) in [6.45, 7) is 1.32. The lowest BCUT2D eigenvalue weighted by Crippen LogP contribution is -2.51. The fourth-order valence-electron chi connectivity index (χ4n) is 3.55. The molecule has 1 unspecified atom stereocenters. The first-order valence-corrected chi connectivity index (χ1v) is 8.67. The molecule has 6 nitrogen and oxygen atoms in total. The van der Waals surface area contributed by atoms with Crippen LogP contribution >= 0.6 is 0 Å². The van der Waals surface area contributed by atoms with Gasteiger partial charge in [0.2, 0.25) is 0 Å². The van der Waals surface area contributed by atoms with Gasteiger partial charge in [-0.05, 0) is 43.4 Å². The Morgan fingerprint density at radius 1 is 1.16 bits per heavy atom. The van der Waals surface area contributed by atoms with Crippen LogP contribution in [0, 0.1) is 11.7 Å². The molecule has 2 amide bonds. The van der Waals surface area contributed by atoms with Crippen LogP contribution in [0.25, 0.3) is 0 Å². The van der Waals surface area contributed by atoms with Gasteiger partial charge < -0.3 is 20.1 Å². The van der Waals surface area contributed by atoms with E-state index >= 15 is 0 Å². The van der Waals surface area contributed by atoms with E-state index < -0.39 is 5.97 Å². The number of ether oxygens (including phenoxy) is 1. The summed E-state index contributed by atoms with van der Waals surface area (Å²) >= 11 is 0. The molecule has 0 spiro atoms. The van der Waals surface area contributed by atoms with Gasteiger partial charge >= 0.3 is 12.0 Å². The van der Waals surface area contributed by atoms with Gasteiger partial charge in [-0.3, -0.25) is 4.79 Å². The van der Waals surface area contributed by atoms with Gasteiger partial charge in [0.25, 0.3) is 0 Å². The maximum Gasteiger partial charge on any atom is 0.318 e. The Hall–Kier alpha value is -2.15. The van der Waals surface area contributed by atoms with Crippen LogP contribution in [0.1, 0.15) is 37.3 Å². The number of benzene rings is 1. The fourth-order valence-corrected chi connectivity index (χ4v) is 3.55. The van der Waals surface area contributed by atoms with Crippen LogP contribution in [0.3, 0.4) is 0 Å². The first kappa shape index (κ1) is 17.7. The number of nitrogens with zero attached hydrogens (tertiary/aromatic N) is 1. The number of carboxylic acid groups (broad SMARTS) is 1. The Kier molecular flexibility index (Phi) is 5.53. The minimum Gasteiger partial charge on any atom is -0.481 e.